The summed E-state index contributed by atoms with van der Waals surface area (Å²) in [5.41, 5.74) is 8.68. The first kappa shape index (κ1) is 34.5. The van der Waals surface area contributed by atoms with Crippen LogP contribution in [0.3, 0.4) is 0 Å². The van der Waals surface area contributed by atoms with Crippen molar-refractivity contribution in [1.29, 1.82) is 0 Å². The van der Waals surface area contributed by atoms with Crippen molar-refractivity contribution in [2.24, 2.45) is 5.41 Å². The van der Waals surface area contributed by atoms with E-state index in [1.807, 2.05) is 60.7 Å². The van der Waals surface area contributed by atoms with Gasteiger partial charge in [-0.05, 0) is 77.6 Å². The van der Waals surface area contributed by atoms with Gasteiger partial charge in [0.15, 0.2) is 5.78 Å². The lowest BCUT2D eigenvalue weighted by Crippen LogP contribution is -2.23. The van der Waals surface area contributed by atoms with E-state index < -0.39 is 21.8 Å². The molecular weight excluding hydrogens is 594 g/mol. The molecule has 1 unspecified atom stereocenters. The van der Waals surface area contributed by atoms with Crippen molar-refractivity contribution in [3.8, 4) is 11.1 Å². The molecule has 4 aromatic carbocycles. The Morgan fingerprint density at radius 2 is 1.52 bits per heavy atom. The lowest BCUT2D eigenvalue weighted by atomic mass is 9.89. The molecule has 0 aliphatic carbocycles. The molecule has 0 bridgehead atoms. The highest BCUT2D eigenvalue weighted by Crippen LogP contribution is 2.28. The second kappa shape index (κ2) is 14.8. The zero-order valence-electron chi connectivity index (χ0n) is 27.2. The van der Waals surface area contributed by atoms with E-state index in [-0.39, 0.29) is 29.9 Å². The predicted molar refractivity (Wildman–Crippen MR) is 188 cm³/mol. The van der Waals surface area contributed by atoms with Crippen LogP contribution in [0.1, 0.15) is 77.7 Å². The summed E-state index contributed by atoms with van der Waals surface area (Å²) < 4.78 is 30.9. The van der Waals surface area contributed by atoms with Crippen molar-refractivity contribution in [2.45, 2.75) is 59.8 Å². The second-order valence-corrected chi connectivity index (χ2v) is 14.6. The first-order valence-corrected chi connectivity index (χ1v) is 17.1. The summed E-state index contributed by atoms with van der Waals surface area (Å²) in [6.45, 7) is 10.6. The molecule has 6 nitrogen and oxygen atoms in total. The zero-order chi connectivity index (χ0) is 33.5. The van der Waals surface area contributed by atoms with Gasteiger partial charge in [-0.1, -0.05) is 117 Å². The molecule has 0 aliphatic rings. The molecular formula is C39H43NO5S. The van der Waals surface area contributed by atoms with Gasteiger partial charge >= 0.3 is 0 Å². The van der Waals surface area contributed by atoms with E-state index in [4.69, 9.17) is 4.55 Å². The highest BCUT2D eigenvalue weighted by molar-refractivity contribution is 7.85. The van der Waals surface area contributed by atoms with E-state index in [9.17, 15) is 18.0 Å². The Kier molecular flexibility index (Phi) is 11.1. The van der Waals surface area contributed by atoms with Crippen LogP contribution >= 0.6 is 0 Å². The number of aryl methyl sites for hydroxylation is 2. The molecule has 1 atom stereocenters. The topological polar surface area (TPSA) is 101 Å². The van der Waals surface area contributed by atoms with Crippen molar-refractivity contribution >= 4 is 33.6 Å². The van der Waals surface area contributed by atoms with Crippen molar-refractivity contribution in [3.63, 3.8) is 0 Å². The standard InChI is InChI=1S/C39H43NO5S/c1-27-8-21-35(28(2)25-27)31-17-19-34(20-18-31)40-38(42)36(32-13-9-29(10-14-32)22-23-39(3,4)5)26-30-11-15-33(16-12-30)37(41)7-6-24-46(43,44)45/h8-23,25,36H,6-7,24,26H2,1-5H3,(H,40,42)(H,43,44,45)/b23-22+. The molecule has 0 saturated carbocycles. The molecule has 0 saturated heterocycles. The number of rotatable bonds is 12. The number of amides is 1. The summed E-state index contributed by atoms with van der Waals surface area (Å²) in [5.74, 6) is -1.28. The summed E-state index contributed by atoms with van der Waals surface area (Å²) in [6, 6.07) is 29.3. The van der Waals surface area contributed by atoms with Gasteiger partial charge in [0.05, 0.1) is 11.7 Å². The largest absolute Gasteiger partial charge is 0.326 e. The minimum atomic E-state index is -4.10. The van der Waals surface area contributed by atoms with E-state index in [0.717, 1.165) is 27.8 Å². The maximum absolute atomic E-state index is 13.8. The number of ketones is 1. The van der Waals surface area contributed by atoms with Crippen molar-refractivity contribution in [3.05, 3.63) is 130 Å². The summed E-state index contributed by atoms with van der Waals surface area (Å²) in [4.78, 5) is 26.4. The van der Waals surface area contributed by atoms with Gasteiger partial charge in [-0.2, -0.15) is 8.42 Å². The third-order valence-electron chi connectivity index (χ3n) is 7.80. The lowest BCUT2D eigenvalue weighted by Gasteiger charge is -2.19. The molecule has 240 valence electrons. The van der Waals surface area contributed by atoms with Crippen LogP contribution in [0, 0.1) is 19.3 Å². The van der Waals surface area contributed by atoms with Crippen LogP contribution in [0.15, 0.2) is 97.1 Å². The van der Waals surface area contributed by atoms with Gasteiger partial charge in [0.1, 0.15) is 0 Å². The number of hydrogen-bond acceptors (Lipinski definition) is 4. The molecule has 0 radical (unpaired) electrons. The SMILES string of the molecule is Cc1ccc(-c2ccc(NC(=O)C(Cc3ccc(C(=O)CCCS(=O)(=O)O)cc3)c3ccc(/C=C/C(C)(C)C)cc3)cc2)c(C)c1. The van der Waals surface area contributed by atoms with Gasteiger partial charge < -0.3 is 5.32 Å². The van der Waals surface area contributed by atoms with E-state index in [1.54, 1.807) is 12.1 Å². The number of hydrogen-bond donors (Lipinski definition) is 2. The number of nitrogens with one attached hydrogen (secondary N) is 1. The maximum atomic E-state index is 13.8. The third kappa shape index (κ3) is 10.4. The lowest BCUT2D eigenvalue weighted by molar-refractivity contribution is -0.117. The molecule has 0 fully saturated rings. The number of allylic oxidation sites excluding steroid dienone is 1. The quantitative estimate of drug-likeness (QED) is 0.119. The fourth-order valence-corrected chi connectivity index (χ4v) is 5.78. The first-order valence-electron chi connectivity index (χ1n) is 15.5. The molecule has 7 heteroatoms. The van der Waals surface area contributed by atoms with Crippen LogP contribution < -0.4 is 5.32 Å². The van der Waals surface area contributed by atoms with Gasteiger partial charge in [-0.3, -0.25) is 14.1 Å². The van der Waals surface area contributed by atoms with Crippen LogP contribution in [-0.2, 0) is 21.3 Å². The van der Waals surface area contributed by atoms with Crippen LogP contribution in [0.25, 0.3) is 17.2 Å². The third-order valence-corrected chi connectivity index (χ3v) is 8.60. The predicted octanol–water partition coefficient (Wildman–Crippen LogP) is 8.85. The molecule has 4 rings (SSSR count). The van der Waals surface area contributed by atoms with Gasteiger partial charge in [-0.15, -0.1) is 0 Å². The Hall–Kier alpha value is -4.33. The van der Waals surface area contributed by atoms with Gasteiger partial charge in [0.2, 0.25) is 5.91 Å². The molecule has 0 aliphatic heterocycles. The Morgan fingerprint density at radius 3 is 2.11 bits per heavy atom. The summed E-state index contributed by atoms with van der Waals surface area (Å²) >= 11 is 0. The average molecular weight is 638 g/mol. The Bertz CT molecular complexity index is 1800. The molecule has 0 aromatic heterocycles. The average Bonchev–Trinajstić information content (AvgIpc) is 2.99. The van der Waals surface area contributed by atoms with E-state index >= 15 is 0 Å². The number of carbonyl (C=O) groups excluding carboxylic acids is 2. The molecule has 1 amide bonds. The van der Waals surface area contributed by atoms with E-state index in [1.165, 1.54) is 11.1 Å². The van der Waals surface area contributed by atoms with E-state index in [2.05, 4.69) is 70.3 Å². The fourth-order valence-electron chi connectivity index (χ4n) is 5.27. The smallest absolute Gasteiger partial charge is 0.264 e. The van der Waals surface area contributed by atoms with Gasteiger partial charge in [0.25, 0.3) is 10.1 Å². The van der Waals surface area contributed by atoms with Crippen LogP contribution in [0.4, 0.5) is 5.69 Å². The van der Waals surface area contributed by atoms with Crippen LogP contribution in [-0.4, -0.2) is 30.4 Å². The molecule has 0 spiro atoms. The number of carbonyl (C=O) groups is 2. The molecule has 4 aromatic rings. The monoisotopic (exact) mass is 637 g/mol. The van der Waals surface area contributed by atoms with Crippen LogP contribution in [0.2, 0.25) is 0 Å². The number of benzene rings is 4. The van der Waals surface area contributed by atoms with Crippen LogP contribution in [0.5, 0.6) is 0 Å². The summed E-state index contributed by atoms with van der Waals surface area (Å²) in [5, 5.41) is 3.11. The Labute approximate surface area is 273 Å². The van der Waals surface area contributed by atoms with E-state index in [0.29, 0.717) is 17.7 Å². The minimum Gasteiger partial charge on any atom is -0.326 e. The summed E-state index contributed by atoms with van der Waals surface area (Å²) in [7, 11) is -4.10. The first-order chi connectivity index (χ1) is 21.7. The van der Waals surface area contributed by atoms with Gasteiger partial charge in [-0.25, -0.2) is 0 Å². The van der Waals surface area contributed by atoms with Crippen molar-refractivity contribution < 1.29 is 22.6 Å². The van der Waals surface area contributed by atoms with Crippen molar-refractivity contribution in [1.82, 2.24) is 0 Å². The number of anilines is 1. The zero-order valence-corrected chi connectivity index (χ0v) is 28.0. The molecule has 46 heavy (non-hydrogen) atoms. The van der Waals surface area contributed by atoms with Crippen molar-refractivity contribution in [2.75, 3.05) is 11.1 Å². The second-order valence-electron chi connectivity index (χ2n) is 13.0. The Balaban J connectivity index is 1.54. The normalized spacial score (nSPS) is 12.7. The maximum Gasteiger partial charge on any atom is 0.264 e. The Morgan fingerprint density at radius 1 is 0.870 bits per heavy atom. The number of Topliss-reactive ketones (excluding diaryl/α,β-unsaturated/α-hetero) is 1. The highest BCUT2D eigenvalue weighted by atomic mass is 32.2. The highest BCUT2D eigenvalue weighted by Gasteiger charge is 2.22. The summed E-state index contributed by atoms with van der Waals surface area (Å²) in [6.07, 6.45) is 4.72. The van der Waals surface area contributed by atoms with Gasteiger partial charge in [0, 0.05) is 17.7 Å². The molecule has 2 N–H and O–H groups in total. The fraction of sp³-hybridized carbons (Fsp3) is 0.282. The minimum absolute atomic E-state index is 0.0163. The molecule has 0 heterocycles.